The highest BCUT2D eigenvalue weighted by molar-refractivity contribution is 5.80. The van der Waals surface area contributed by atoms with Crippen LogP contribution in [-0.4, -0.2) is 49.2 Å². The summed E-state index contributed by atoms with van der Waals surface area (Å²) in [6.45, 7) is 13.8. The summed E-state index contributed by atoms with van der Waals surface area (Å²) in [5.74, 6) is -0.163. The van der Waals surface area contributed by atoms with Crippen molar-refractivity contribution in [3.8, 4) is 0 Å². The molecule has 0 aromatic rings. The number of hydrogen-bond donors (Lipinski definition) is 1. The Kier molecular flexibility index (Phi) is 9.86. The molecule has 0 saturated carbocycles. The highest BCUT2D eigenvalue weighted by Gasteiger charge is 2.34. The third-order valence-corrected chi connectivity index (χ3v) is 3.47. The molecule has 0 aliphatic heterocycles. The fourth-order valence-electron chi connectivity index (χ4n) is 2.72. The Morgan fingerprint density at radius 3 is 2.15 bits per heavy atom. The van der Waals surface area contributed by atoms with Crippen molar-refractivity contribution in [3.63, 3.8) is 0 Å². The maximum atomic E-state index is 12.0. The fraction of sp³-hybridized carbons (Fsp3) is 0.938. The van der Waals surface area contributed by atoms with Crippen LogP contribution >= 0.6 is 0 Å². The van der Waals surface area contributed by atoms with Gasteiger partial charge in [-0.05, 0) is 66.1 Å². The Labute approximate surface area is 125 Å². The predicted octanol–water partition coefficient (Wildman–Crippen LogP) is 2.82. The van der Waals surface area contributed by atoms with Gasteiger partial charge >= 0.3 is 5.97 Å². The summed E-state index contributed by atoms with van der Waals surface area (Å²) in [6.07, 6.45) is 4.17. The molecule has 0 rings (SSSR count). The third-order valence-electron chi connectivity index (χ3n) is 3.47. The molecule has 1 unspecified atom stereocenters. The third kappa shape index (κ3) is 7.25. The summed E-state index contributed by atoms with van der Waals surface area (Å²) in [6, 6.07) is 0.265. The number of nitrogens with one attached hydrogen (secondary N) is 1. The van der Waals surface area contributed by atoms with Crippen LogP contribution in [-0.2, 0) is 9.53 Å². The van der Waals surface area contributed by atoms with Gasteiger partial charge < -0.3 is 9.64 Å². The number of carbonyl (C=O) groups is 1. The highest BCUT2D eigenvalue weighted by Crippen LogP contribution is 2.16. The van der Waals surface area contributed by atoms with Gasteiger partial charge in [-0.3, -0.25) is 10.1 Å². The van der Waals surface area contributed by atoms with Crippen LogP contribution in [0.5, 0.6) is 0 Å². The van der Waals surface area contributed by atoms with Gasteiger partial charge in [0.25, 0.3) is 0 Å². The van der Waals surface area contributed by atoms with Crippen LogP contribution in [0.3, 0.4) is 0 Å². The van der Waals surface area contributed by atoms with E-state index in [4.69, 9.17) is 4.74 Å². The first-order valence-electron chi connectivity index (χ1n) is 7.98. The summed E-state index contributed by atoms with van der Waals surface area (Å²) >= 11 is 0. The molecular formula is C16H34N2O2. The minimum Gasteiger partial charge on any atom is -0.468 e. The van der Waals surface area contributed by atoms with Crippen molar-refractivity contribution in [3.05, 3.63) is 0 Å². The number of nitrogens with zero attached hydrogens (tertiary/aromatic N) is 1. The van der Waals surface area contributed by atoms with Crippen LogP contribution < -0.4 is 5.32 Å². The lowest BCUT2D eigenvalue weighted by molar-refractivity contribution is -0.148. The van der Waals surface area contributed by atoms with E-state index in [1.807, 2.05) is 6.92 Å². The van der Waals surface area contributed by atoms with E-state index in [0.717, 1.165) is 32.5 Å². The molecule has 20 heavy (non-hydrogen) atoms. The van der Waals surface area contributed by atoms with Crippen molar-refractivity contribution >= 4 is 5.97 Å². The summed E-state index contributed by atoms with van der Waals surface area (Å²) in [4.78, 5) is 14.5. The Morgan fingerprint density at radius 1 is 1.20 bits per heavy atom. The molecule has 120 valence electrons. The minimum atomic E-state index is -0.576. The molecule has 0 saturated heterocycles. The zero-order valence-electron chi connectivity index (χ0n) is 14.3. The van der Waals surface area contributed by atoms with Crippen LogP contribution in [0.15, 0.2) is 0 Å². The van der Waals surface area contributed by atoms with Crippen molar-refractivity contribution in [2.45, 2.75) is 71.9 Å². The fourth-order valence-corrected chi connectivity index (χ4v) is 2.72. The van der Waals surface area contributed by atoms with Gasteiger partial charge in [-0.1, -0.05) is 13.8 Å². The van der Waals surface area contributed by atoms with E-state index in [-0.39, 0.29) is 12.0 Å². The van der Waals surface area contributed by atoms with E-state index in [1.165, 1.54) is 20.0 Å². The summed E-state index contributed by atoms with van der Waals surface area (Å²) < 4.78 is 4.95. The second-order valence-electron chi connectivity index (χ2n) is 6.07. The van der Waals surface area contributed by atoms with Gasteiger partial charge in [0.05, 0.1) is 7.11 Å². The van der Waals surface area contributed by atoms with Gasteiger partial charge in [0.15, 0.2) is 0 Å². The van der Waals surface area contributed by atoms with E-state index in [0.29, 0.717) is 0 Å². The van der Waals surface area contributed by atoms with Gasteiger partial charge in [-0.25, -0.2) is 0 Å². The monoisotopic (exact) mass is 286 g/mol. The van der Waals surface area contributed by atoms with Gasteiger partial charge in [-0.2, -0.15) is 0 Å². The van der Waals surface area contributed by atoms with E-state index in [1.54, 1.807) is 0 Å². The summed E-state index contributed by atoms with van der Waals surface area (Å²) in [5.41, 5.74) is -0.576. The van der Waals surface area contributed by atoms with Crippen LogP contribution in [0.25, 0.3) is 0 Å². The van der Waals surface area contributed by atoms with Crippen molar-refractivity contribution in [1.82, 2.24) is 10.2 Å². The molecule has 4 heteroatoms. The van der Waals surface area contributed by atoms with E-state index in [9.17, 15) is 4.79 Å². The molecule has 0 amide bonds. The zero-order chi connectivity index (χ0) is 15.6. The van der Waals surface area contributed by atoms with Crippen molar-refractivity contribution in [2.75, 3.05) is 26.7 Å². The van der Waals surface area contributed by atoms with E-state index >= 15 is 0 Å². The summed E-state index contributed by atoms with van der Waals surface area (Å²) in [7, 11) is 1.46. The van der Waals surface area contributed by atoms with E-state index in [2.05, 4.69) is 37.9 Å². The predicted molar refractivity (Wildman–Crippen MR) is 84.9 cm³/mol. The lowest BCUT2D eigenvalue weighted by atomic mass is 9.94. The van der Waals surface area contributed by atoms with Crippen molar-refractivity contribution in [1.29, 1.82) is 0 Å². The highest BCUT2D eigenvalue weighted by atomic mass is 16.5. The van der Waals surface area contributed by atoms with Gasteiger partial charge in [0, 0.05) is 6.04 Å². The van der Waals surface area contributed by atoms with Crippen LogP contribution in [0.1, 0.15) is 60.3 Å². The number of ether oxygens (including phenoxy) is 1. The smallest absolute Gasteiger partial charge is 0.325 e. The molecule has 0 radical (unpaired) electrons. The molecule has 0 aromatic carbocycles. The van der Waals surface area contributed by atoms with Crippen LogP contribution in [0, 0.1) is 0 Å². The molecular weight excluding hydrogens is 252 g/mol. The molecule has 1 N–H and O–H groups in total. The lowest BCUT2D eigenvalue weighted by Crippen LogP contribution is -2.53. The molecule has 0 aliphatic rings. The van der Waals surface area contributed by atoms with Crippen molar-refractivity contribution < 1.29 is 9.53 Å². The molecule has 4 nitrogen and oxygen atoms in total. The number of carbonyl (C=O) groups excluding carboxylic acids is 1. The molecule has 1 atom stereocenters. The second-order valence-corrected chi connectivity index (χ2v) is 6.07. The molecule has 0 fully saturated rings. The maximum absolute atomic E-state index is 12.0. The zero-order valence-corrected chi connectivity index (χ0v) is 14.3. The van der Waals surface area contributed by atoms with Gasteiger partial charge in [0.2, 0.25) is 0 Å². The molecule has 0 aliphatic carbocycles. The Hall–Kier alpha value is -0.610. The average molecular weight is 286 g/mol. The molecule has 0 bridgehead atoms. The quantitative estimate of drug-likeness (QED) is 0.593. The van der Waals surface area contributed by atoms with Crippen LogP contribution in [0.4, 0.5) is 0 Å². The Morgan fingerprint density at radius 2 is 1.75 bits per heavy atom. The van der Waals surface area contributed by atoms with Gasteiger partial charge in [0.1, 0.15) is 5.54 Å². The molecule has 0 heterocycles. The van der Waals surface area contributed by atoms with Crippen LogP contribution in [0.2, 0.25) is 0 Å². The number of hydrogen-bond acceptors (Lipinski definition) is 4. The second kappa shape index (κ2) is 10.2. The lowest BCUT2D eigenvalue weighted by Gasteiger charge is -2.31. The van der Waals surface area contributed by atoms with Crippen molar-refractivity contribution in [2.24, 2.45) is 0 Å². The topological polar surface area (TPSA) is 41.6 Å². The van der Waals surface area contributed by atoms with Gasteiger partial charge in [-0.15, -0.1) is 0 Å². The largest absolute Gasteiger partial charge is 0.468 e. The molecule has 0 aromatic heterocycles. The average Bonchev–Trinajstić information content (AvgIpc) is 2.37. The van der Waals surface area contributed by atoms with E-state index < -0.39 is 5.54 Å². The first-order valence-corrected chi connectivity index (χ1v) is 7.98. The summed E-state index contributed by atoms with van der Waals surface area (Å²) in [5, 5.41) is 3.35. The maximum Gasteiger partial charge on any atom is 0.325 e. The standard InChI is InChI=1S/C16H34N2O2/c1-7-11-18(12-8-2)13-9-10-16(5,15(19)20-6)17-14(3)4/h14,17H,7-13H2,1-6H3. The molecule has 0 spiro atoms. The number of methoxy groups -OCH3 is 1. The number of rotatable bonds is 11. The Bertz CT molecular complexity index is 263. The SMILES string of the molecule is CCCN(CCC)CCCC(C)(NC(C)C)C(=O)OC. The number of esters is 1. The Balaban J connectivity index is 4.41. The minimum absolute atomic E-state index is 0.163. The first-order chi connectivity index (χ1) is 9.39. The first kappa shape index (κ1) is 19.4. The normalized spacial score (nSPS) is 14.6.